The van der Waals surface area contributed by atoms with E-state index in [1.165, 1.54) is 44.6 Å². The minimum Gasteiger partial charge on any atom is -0.497 e. The van der Waals surface area contributed by atoms with Crippen molar-refractivity contribution in [3.63, 3.8) is 0 Å². The van der Waals surface area contributed by atoms with Gasteiger partial charge >= 0.3 is 5.97 Å². The van der Waals surface area contributed by atoms with Crippen molar-refractivity contribution in [3.05, 3.63) is 59.4 Å². The zero-order valence-electron chi connectivity index (χ0n) is 14.8. The van der Waals surface area contributed by atoms with Gasteiger partial charge in [0.1, 0.15) is 23.9 Å². The fraction of sp³-hybridized carbons (Fsp3) is 0.211. The second-order valence-corrected chi connectivity index (χ2v) is 5.35. The van der Waals surface area contributed by atoms with Gasteiger partial charge in [0.05, 0.1) is 19.8 Å². The molecule has 0 atom stereocenters. The fourth-order valence-electron chi connectivity index (χ4n) is 2.16. The number of Topliss-reactive ketones (excluding diaryl/α,β-unsaturated/α-hetero) is 1. The smallest absolute Gasteiger partial charge is 0.325 e. The van der Waals surface area contributed by atoms with Crippen molar-refractivity contribution in [1.82, 2.24) is 5.32 Å². The molecule has 0 aliphatic rings. The van der Waals surface area contributed by atoms with E-state index in [9.17, 15) is 18.8 Å². The number of nitrogens with one attached hydrogen (secondary N) is 1. The Labute approximate surface area is 155 Å². The summed E-state index contributed by atoms with van der Waals surface area (Å²) in [4.78, 5) is 35.7. The first-order chi connectivity index (χ1) is 12.9. The Morgan fingerprint density at radius 3 is 2.22 bits per heavy atom. The third kappa shape index (κ3) is 5.53. The molecule has 2 aromatic rings. The van der Waals surface area contributed by atoms with Crippen LogP contribution in [-0.2, 0) is 9.53 Å². The van der Waals surface area contributed by atoms with Crippen molar-refractivity contribution in [2.24, 2.45) is 0 Å². The average molecular weight is 375 g/mol. The molecule has 0 heterocycles. The van der Waals surface area contributed by atoms with Crippen LogP contribution in [0.3, 0.4) is 0 Å². The normalized spacial score (nSPS) is 10.0. The topological polar surface area (TPSA) is 90.9 Å². The van der Waals surface area contributed by atoms with Gasteiger partial charge in [-0.15, -0.1) is 0 Å². The van der Waals surface area contributed by atoms with Gasteiger partial charge in [-0.3, -0.25) is 14.4 Å². The molecule has 2 aromatic carbocycles. The molecule has 142 valence electrons. The molecule has 0 fully saturated rings. The maximum atomic E-state index is 13.5. The van der Waals surface area contributed by atoms with E-state index in [0.29, 0.717) is 11.5 Å². The predicted molar refractivity (Wildman–Crippen MR) is 93.6 cm³/mol. The van der Waals surface area contributed by atoms with E-state index in [-0.39, 0.29) is 11.1 Å². The Morgan fingerprint density at radius 1 is 1.00 bits per heavy atom. The molecule has 2 rings (SSSR count). The maximum absolute atomic E-state index is 13.5. The first kappa shape index (κ1) is 19.9. The van der Waals surface area contributed by atoms with Crippen molar-refractivity contribution in [1.29, 1.82) is 0 Å². The van der Waals surface area contributed by atoms with Crippen LogP contribution in [0.25, 0.3) is 0 Å². The molecule has 1 amide bonds. The summed E-state index contributed by atoms with van der Waals surface area (Å²) in [5.41, 5.74) is 0.0549. The van der Waals surface area contributed by atoms with Crippen LogP contribution in [0.1, 0.15) is 20.7 Å². The number of amides is 1. The summed E-state index contributed by atoms with van der Waals surface area (Å²) < 4.78 is 28.4. The van der Waals surface area contributed by atoms with Crippen LogP contribution in [-0.4, -0.2) is 45.0 Å². The fourth-order valence-corrected chi connectivity index (χ4v) is 2.16. The monoisotopic (exact) mass is 375 g/mol. The summed E-state index contributed by atoms with van der Waals surface area (Å²) in [6.45, 7) is -1.08. The van der Waals surface area contributed by atoms with E-state index in [1.54, 1.807) is 6.07 Å². The molecule has 0 aliphatic carbocycles. The van der Waals surface area contributed by atoms with E-state index >= 15 is 0 Å². The quantitative estimate of drug-likeness (QED) is 0.561. The highest BCUT2D eigenvalue weighted by molar-refractivity contribution is 5.99. The molecular formula is C19H18FNO6. The number of carbonyl (C=O) groups is 3. The highest BCUT2D eigenvalue weighted by Gasteiger charge is 2.15. The summed E-state index contributed by atoms with van der Waals surface area (Å²) in [7, 11) is 2.89. The average Bonchev–Trinajstić information content (AvgIpc) is 2.69. The van der Waals surface area contributed by atoms with Crippen LogP contribution in [0, 0.1) is 5.82 Å². The zero-order chi connectivity index (χ0) is 19.8. The first-order valence-corrected chi connectivity index (χ1v) is 7.89. The van der Waals surface area contributed by atoms with Gasteiger partial charge in [-0.1, -0.05) is 12.1 Å². The van der Waals surface area contributed by atoms with Crippen molar-refractivity contribution in [3.8, 4) is 11.5 Å². The highest BCUT2D eigenvalue weighted by atomic mass is 19.1. The number of ketones is 1. The Bertz CT molecular complexity index is 830. The number of ether oxygens (including phenoxy) is 3. The molecule has 0 aliphatic heterocycles. The van der Waals surface area contributed by atoms with E-state index in [4.69, 9.17) is 14.2 Å². The standard InChI is InChI=1S/C19H18FNO6/c1-25-13-7-12(8-14(9-13)26-2)19(24)21-10-18(23)27-11-17(22)15-5-3-4-6-16(15)20/h3-9H,10-11H2,1-2H3,(H,21,24). The van der Waals surface area contributed by atoms with Crippen molar-refractivity contribution >= 4 is 17.7 Å². The summed E-state index contributed by atoms with van der Waals surface area (Å²) in [6, 6.07) is 9.93. The molecule has 1 N–H and O–H groups in total. The summed E-state index contributed by atoms with van der Waals surface area (Å²) in [5, 5.41) is 2.37. The Kier molecular flexibility index (Phi) is 6.87. The van der Waals surface area contributed by atoms with E-state index in [1.807, 2.05) is 0 Å². The molecule has 0 saturated heterocycles. The number of methoxy groups -OCH3 is 2. The number of hydrogen-bond donors (Lipinski definition) is 1. The van der Waals surface area contributed by atoms with Gasteiger partial charge in [-0.25, -0.2) is 4.39 Å². The van der Waals surface area contributed by atoms with Crippen LogP contribution in [0.2, 0.25) is 0 Å². The number of rotatable bonds is 8. The molecule has 8 heteroatoms. The second-order valence-electron chi connectivity index (χ2n) is 5.35. The first-order valence-electron chi connectivity index (χ1n) is 7.89. The summed E-state index contributed by atoms with van der Waals surface area (Å²) in [6.07, 6.45) is 0. The van der Waals surface area contributed by atoms with Crippen LogP contribution in [0.5, 0.6) is 11.5 Å². The molecule has 7 nitrogen and oxygen atoms in total. The van der Waals surface area contributed by atoms with Gasteiger partial charge in [0, 0.05) is 11.6 Å². The third-order valence-corrected chi connectivity index (χ3v) is 3.55. The molecule has 0 unspecified atom stereocenters. The van der Waals surface area contributed by atoms with E-state index in [0.717, 1.165) is 6.07 Å². The van der Waals surface area contributed by atoms with Crippen molar-refractivity contribution in [2.45, 2.75) is 0 Å². The van der Waals surface area contributed by atoms with Crippen LogP contribution < -0.4 is 14.8 Å². The van der Waals surface area contributed by atoms with Crippen LogP contribution in [0.15, 0.2) is 42.5 Å². The largest absolute Gasteiger partial charge is 0.497 e. The maximum Gasteiger partial charge on any atom is 0.325 e. The Hall–Kier alpha value is -3.42. The van der Waals surface area contributed by atoms with Crippen molar-refractivity contribution in [2.75, 3.05) is 27.4 Å². The molecule has 0 saturated carbocycles. The molecule has 0 spiro atoms. The highest BCUT2D eigenvalue weighted by Crippen LogP contribution is 2.22. The minimum absolute atomic E-state index is 0.169. The molecule has 0 aromatic heterocycles. The van der Waals surface area contributed by atoms with Crippen LogP contribution in [0.4, 0.5) is 4.39 Å². The van der Waals surface area contributed by atoms with E-state index in [2.05, 4.69) is 5.32 Å². The van der Waals surface area contributed by atoms with Gasteiger partial charge < -0.3 is 19.5 Å². The van der Waals surface area contributed by atoms with E-state index < -0.39 is 36.6 Å². The predicted octanol–water partition coefficient (Wildman–Crippen LogP) is 2.00. The molecule has 0 radical (unpaired) electrons. The number of esters is 1. The summed E-state index contributed by atoms with van der Waals surface area (Å²) >= 11 is 0. The van der Waals surface area contributed by atoms with Gasteiger partial charge in [0.25, 0.3) is 5.91 Å². The summed E-state index contributed by atoms with van der Waals surface area (Å²) in [5.74, 6) is -1.92. The molecule has 27 heavy (non-hydrogen) atoms. The SMILES string of the molecule is COc1cc(OC)cc(C(=O)NCC(=O)OCC(=O)c2ccccc2F)c1. The lowest BCUT2D eigenvalue weighted by atomic mass is 10.1. The number of carbonyl (C=O) groups excluding carboxylic acids is 3. The lowest BCUT2D eigenvalue weighted by molar-refractivity contribution is -0.141. The Morgan fingerprint density at radius 2 is 1.63 bits per heavy atom. The molecule has 0 bridgehead atoms. The lowest BCUT2D eigenvalue weighted by Crippen LogP contribution is -2.31. The lowest BCUT2D eigenvalue weighted by Gasteiger charge is -2.09. The van der Waals surface area contributed by atoms with Gasteiger partial charge in [-0.2, -0.15) is 0 Å². The van der Waals surface area contributed by atoms with Crippen molar-refractivity contribution < 1.29 is 33.0 Å². The van der Waals surface area contributed by atoms with Gasteiger partial charge in [0.2, 0.25) is 5.78 Å². The van der Waals surface area contributed by atoms with Gasteiger partial charge in [-0.05, 0) is 24.3 Å². The third-order valence-electron chi connectivity index (χ3n) is 3.55. The number of halogens is 1. The second kappa shape index (κ2) is 9.33. The number of hydrogen-bond acceptors (Lipinski definition) is 6. The zero-order valence-corrected chi connectivity index (χ0v) is 14.8. The number of benzene rings is 2. The molecular weight excluding hydrogens is 357 g/mol. The Balaban J connectivity index is 1.87. The van der Waals surface area contributed by atoms with Crippen LogP contribution >= 0.6 is 0 Å². The van der Waals surface area contributed by atoms with Gasteiger partial charge in [0.15, 0.2) is 6.61 Å². The minimum atomic E-state index is -0.831.